The van der Waals surface area contributed by atoms with Crippen molar-refractivity contribution < 1.29 is 21.6 Å². The molecule has 1 aliphatic rings. The fourth-order valence-corrected chi connectivity index (χ4v) is 2.58. The van der Waals surface area contributed by atoms with Crippen molar-refractivity contribution >= 4 is 16.4 Å². The van der Waals surface area contributed by atoms with E-state index in [2.05, 4.69) is 5.32 Å². The summed E-state index contributed by atoms with van der Waals surface area (Å²) in [5.74, 6) is -0.595. The second-order valence-electron chi connectivity index (χ2n) is 4.25. The summed E-state index contributed by atoms with van der Waals surface area (Å²) in [7, 11) is -2.89. The summed E-state index contributed by atoms with van der Waals surface area (Å²) in [6.07, 6.45) is -4.55. The summed E-state index contributed by atoms with van der Waals surface area (Å²) in [5.41, 5.74) is -0.641. The molecule has 1 N–H and O–H groups in total. The molecule has 19 heavy (non-hydrogen) atoms. The Morgan fingerprint density at radius 3 is 2.58 bits per heavy atom. The van der Waals surface area contributed by atoms with Crippen LogP contribution in [0.5, 0.6) is 0 Å². The summed E-state index contributed by atoms with van der Waals surface area (Å²) >= 11 is 0. The number of hydrogen-bond acceptors (Lipinski definition) is 4. The molecule has 0 amide bonds. The third kappa shape index (κ3) is 3.38. The fraction of sp³-hybridized carbons (Fsp3) is 0.455. The molecule has 0 aliphatic carbocycles. The van der Waals surface area contributed by atoms with Crippen LogP contribution >= 0.6 is 0 Å². The predicted octanol–water partition coefficient (Wildman–Crippen LogP) is 1.18. The second-order valence-corrected chi connectivity index (χ2v) is 5.23. The van der Waals surface area contributed by atoms with E-state index in [4.69, 9.17) is 0 Å². The van der Waals surface area contributed by atoms with Crippen LogP contribution in [0.15, 0.2) is 18.2 Å². The van der Waals surface area contributed by atoms with Crippen LogP contribution in [0.1, 0.15) is 11.1 Å². The number of hydrogen-bond donors (Lipinski definition) is 2. The van der Waals surface area contributed by atoms with Gasteiger partial charge in [0.1, 0.15) is 10.7 Å². The molecule has 0 radical (unpaired) electrons. The zero-order chi connectivity index (χ0) is 14.0. The molecular formula is C11H13F3N2O2S. The van der Waals surface area contributed by atoms with Gasteiger partial charge in [-0.1, -0.05) is 6.07 Å². The lowest BCUT2D eigenvalue weighted by molar-refractivity contribution is -0.138. The molecule has 8 heteroatoms. The number of alkyl halides is 3. The lowest BCUT2D eigenvalue weighted by atomic mass is 10.1. The van der Waals surface area contributed by atoms with E-state index in [-0.39, 0.29) is 5.56 Å². The van der Waals surface area contributed by atoms with Gasteiger partial charge in [-0.05, 0) is 17.7 Å². The van der Waals surface area contributed by atoms with Gasteiger partial charge in [-0.15, -0.1) is 0 Å². The summed E-state index contributed by atoms with van der Waals surface area (Å²) < 4.78 is 60.1. The first-order valence-corrected chi connectivity index (χ1v) is 7.02. The van der Waals surface area contributed by atoms with E-state index in [0.717, 1.165) is 12.6 Å². The Balaban J connectivity index is 2.40. The second kappa shape index (κ2) is 5.38. The maximum atomic E-state index is 12.9. The van der Waals surface area contributed by atoms with Gasteiger partial charge in [-0.25, -0.2) is 8.42 Å². The van der Waals surface area contributed by atoms with Gasteiger partial charge < -0.3 is 4.90 Å². The topological polar surface area (TPSA) is 49.4 Å². The van der Waals surface area contributed by atoms with Crippen LogP contribution in [-0.4, -0.2) is 28.2 Å². The lowest BCUT2D eigenvalue weighted by Crippen LogP contribution is -2.22. The van der Waals surface area contributed by atoms with Crippen molar-refractivity contribution in [3.05, 3.63) is 29.3 Å². The molecule has 0 saturated carbocycles. The number of thiol groups is 1. The Kier molecular flexibility index (Phi) is 4.00. The highest BCUT2D eigenvalue weighted by Gasteiger charge is 2.34. The van der Waals surface area contributed by atoms with Crippen molar-refractivity contribution in [1.29, 1.82) is 0 Å². The van der Waals surface area contributed by atoms with Crippen LogP contribution in [0, 0.1) is 0 Å². The van der Waals surface area contributed by atoms with Crippen LogP contribution in [0.25, 0.3) is 0 Å². The van der Waals surface area contributed by atoms with Crippen LogP contribution in [0.3, 0.4) is 0 Å². The zero-order valence-electron chi connectivity index (χ0n) is 9.91. The number of benzene rings is 1. The summed E-state index contributed by atoms with van der Waals surface area (Å²) in [4.78, 5) is 1.77. The minimum atomic E-state index is -4.55. The highest BCUT2D eigenvalue weighted by Crippen LogP contribution is 2.35. The fourth-order valence-electron chi connectivity index (χ4n) is 2.03. The van der Waals surface area contributed by atoms with E-state index in [0.29, 0.717) is 18.9 Å². The van der Waals surface area contributed by atoms with E-state index >= 15 is 0 Å². The van der Waals surface area contributed by atoms with E-state index in [1.165, 1.54) is 12.1 Å². The van der Waals surface area contributed by atoms with Gasteiger partial charge in [0.05, 0.1) is 18.0 Å². The first-order chi connectivity index (χ1) is 8.88. The summed E-state index contributed by atoms with van der Waals surface area (Å²) in [6, 6.07) is 3.78. The first kappa shape index (κ1) is 14.1. The molecule has 1 aromatic rings. The van der Waals surface area contributed by atoms with Crippen molar-refractivity contribution in [1.82, 2.24) is 5.32 Å². The minimum Gasteiger partial charge on any atom is -0.357 e. The van der Waals surface area contributed by atoms with Crippen molar-refractivity contribution in [3.8, 4) is 0 Å². The maximum absolute atomic E-state index is 12.9. The number of halogens is 3. The standard InChI is InChI=1S/C11H13F3N2O2S/c12-11(13,14)10-5-9(16-4-3-15-7-16)2-1-8(10)6-19(17)18/h1-2,5,15,19H,3-4,6-7H2. The smallest absolute Gasteiger partial charge is 0.357 e. The molecule has 2 rings (SSSR count). The number of rotatable bonds is 3. The number of anilines is 1. The van der Waals surface area contributed by atoms with Gasteiger partial charge >= 0.3 is 6.18 Å². The van der Waals surface area contributed by atoms with Gasteiger partial charge in [0.15, 0.2) is 0 Å². The SMILES string of the molecule is O=[SH](=O)Cc1ccc(N2CCNC2)cc1C(F)(F)F. The van der Waals surface area contributed by atoms with Crippen molar-refractivity contribution in [3.63, 3.8) is 0 Å². The van der Waals surface area contributed by atoms with Gasteiger partial charge in [0, 0.05) is 18.8 Å². The third-order valence-electron chi connectivity index (χ3n) is 2.92. The monoisotopic (exact) mass is 294 g/mol. The van der Waals surface area contributed by atoms with Gasteiger partial charge in [-0.3, -0.25) is 5.32 Å². The average molecular weight is 294 g/mol. The maximum Gasteiger partial charge on any atom is 0.416 e. The molecule has 1 aliphatic heterocycles. The van der Waals surface area contributed by atoms with Crippen molar-refractivity contribution in [2.45, 2.75) is 11.9 Å². The largest absolute Gasteiger partial charge is 0.416 e. The average Bonchev–Trinajstić information content (AvgIpc) is 2.80. The van der Waals surface area contributed by atoms with Crippen LogP contribution in [0.4, 0.5) is 18.9 Å². The molecule has 0 aromatic heterocycles. The molecule has 106 valence electrons. The van der Waals surface area contributed by atoms with Crippen LogP contribution in [0.2, 0.25) is 0 Å². The van der Waals surface area contributed by atoms with Gasteiger partial charge in [-0.2, -0.15) is 13.2 Å². The van der Waals surface area contributed by atoms with Gasteiger partial charge in [0.2, 0.25) is 0 Å². The number of nitrogens with one attached hydrogen (secondary N) is 1. The molecule has 0 unspecified atom stereocenters. The highest BCUT2D eigenvalue weighted by atomic mass is 32.2. The molecule has 1 aromatic carbocycles. The van der Waals surface area contributed by atoms with E-state index in [9.17, 15) is 21.6 Å². The zero-order valence-corrected chi connectivity index (χ0v) is 10.8. The van der Waals surface area contributed by atoms with Crippen LogP contribution in [-0.2, 0) is 22.6 Å². The van der Waals surface area contributed by atoms with Crippen LogP contribution < -0.4 is 10.2 Å². The van der Waals surface area contributed by atoms with Gasteiger partial charge in [0.25, 0.3) is 0 Å². The number of nitrogens with zero attached hydrogens (tertiary/aromatic N) is 1. The van der Waals surface area contributed by atoms with E-state index in [1.807, 2.05) is 0 Å². The Hall–Kier alpha value is -1.28. The van der Waals surface area contributed by atoms with Crippen molar-refractivity contribution in [2.24, 2.45) is 0 Å². The normalized spacial score (nSPS) is 16.3. The molecule has 4 nitrogen and oxygen atoms in total. The molecular weight excluding hydrogens is 281 g/mol. The molecule has 0 bridgehead atoms. The molecule has 1 heterocycles. The first-order valence-electron chi connectivity index (χ1n) is 5.65. The highest BCUT2D eigenvalue weighted by molar-refractivity contribution is 7.71. The Bertz CT molecular complexity index is 529. The quantitative estimate of drug-likeness (QED) is 0.822. The Morgan fingerprint density at radius 2 is 2.05 bits per heavy atom. The molecule has 0 spiro atoms. The molecule has 1 fully saturated rings. The minimum absolute atomic E-state index is 0.209. The Morgan fingerprint density at radius 1 is 1.32 bits per heavy atom. The lowest BCUT2D eigenvalue weighted by Gasteiger charge is -2.20. The third-order valence-corrected chi connectivity index (χ3v) is 3.52. The Labute approximate surface area is 110 Å². The van der Waals surface area contributed by atoms with Crippen molar-refractivity contribution in [2.75, 3.05) is 24.7 Å². The summed E-state index contributed by atoms with van der Waals surface area (Å²) in [5, 5.41) is 3.02. The summed E-state index contributed by atoms with van der Waals surface area (Å²) in [6.45, 7) is 1.84. The molecule has 0 atom stereocenters. The predicted molar refractivity (Wildman–Crippen MR) is 65.7 cm³/mol. The van der Waals surface area contributed by atoms with E-state index < -0.39 is 28.2 Å². The van der Waals surface area contributed by atoms with E-state index in [1.54, 1.807) is 4.90 Å². The molecule has 1 saturated heterocycles.